The van der Waals surface area contributed by atoms with Crippen LogP contribution < -0.4 is 15.2 Å². The molecule has 16 heteroatoms. The Morgan fingerprint density at radius 1 is 0.540 bits per heavy atom. The zero-order chi connectivity index (χ0) is 35.8. The summed E-state index contributed by atoms with van der Waals surface area (Å²) in [6.45, 7) is 0. The highest BCUT2D eigenvalue weighted by atomic mass is 32.2. The Morgan fingerprint density at radius 3 is 1.42 bits per heavy atom. The molecular weight excluding hydrogens is 687 g/mol. The topological polar surface area (TPSA) is 223 Å². The van der Waals surface area contributed by atoms with Gasteiger partial charge in [0.25, 0.3) is 20.2 Å². The predicted octanol–water partition coefficient (Wildman–Crippen LogP) is 8.29. The van der Waals surface area contributed by atoms with E-state index in [1.54, 1.807) is 66.7 Å². The van der Waals surface area contributed by atoms with E-state index in [2.05, 4.69) is 20.5 Å². The first kappa shape index (κ1) is 33.9. The highest BCUT2D eigenvalue weighted by Crippen LogP contribution is 2.42. The summed E-state index contributed by atoms with van der Waals surface area (Å²) < 4.78 is 78.9. The number of benzene rings is 6. The Morgan fingerprint density at radius 2 is 0.940 bits per heavy atom. The van der Waals surface area contributed by atoms with Gasteiger partial charge in [0.1, 0.15) is 44.0 Å². The van der Waals surface area contributed by atoms with Gasteiger partial charge < -0.3 is 20.3 Å². The third-order valence-corrected chi connectivity index (χ3v) is 9.55. The molecule has 6 rings (SSSR count). The number of phenolic OH excluding ortho intramolecular Hbond substituents is 1. The zero-order valence-electron chi connectivity index (χ0n) is 26.2. The molecule has 6 aromatic rings. The van der Waals surface area contributed by atoms with Crippen molar-refractivity contribution in [2.45, 2.75) is 9.79 Å². The number of ether oxygens (including phenoxy) is 2. The number of phenols is 1. The fraction of sp³-hybridized carbons (Fsp3) is 0.0588. The largest absolute Gasteiger partial charge is 0.505 e. The number of azo groups is 2. The summed E-state index contributed by atoms with van der Waals surface area (Å²) in [7, 11) is -6.36. The van der Waals surface area contributed by atoms with Crippen LogP contribution in [0.4, 0.5) is 28.4 Å². The van der Waals surface area contributed by atoms with E-state index in [0.717, 1.165) is 12.1 Å². The molecule has 0 unspecified atom stereocenters. The molecule has 0 aliphatic rings. The number of aromatic hydroxyl groups is 1. The molecule has 14 nitrogen and oxygen atoms in total. The van der Waals surface area contributed by atoms with Crippen LogP contribution in [0.5, 0.6) is 17.2 Å². The van der Waals surface area contributed by atoms with Crippen LogP contribution >= 0.6 is 0 Å². The number of rotatable bonds is 9. The second kappa shape index (κ2) is 13.2. The number of hydrogen-bond acceptors (Lipinski definition) is 12. The maximum atomic E-state index is 12.1. The first-order valence-corrected chi connectivity index (χ1v) is 17.4. The second-order valence-corrected chi connectivity index (χ2v) is 13.5. The predicted molar refractivity (Wildman–Crippen MR) is 187 cm³/mol. The molecule has 0 amide bonds. The van der Waals surface area contributed by atoms with Gasteiger partial charge in [0, 0.05) is 21.5 Å². The van der Waals surface area contributed by atoms with Gasteiger partial charge in [-0.05, 0) is 47.5 Å². The molecule has 6 aromatic carbocycles. The van der Waals surface area contributed by atoms with E-state index in [4.69, 9.17) is 15.2 Å². The van der Waals surface area contributed by atoms with Crippen LogP contribution in [0.1, 0.15) is 0 Å². The van der Waals surface area contributed by atoms with Crippen molar-refractivity contribution >= 4 is 70.2 Å². The van der Waals surface area contributed by atoms with Crippen LogP contribution in [-0.2, 0) is 20.2 Å². The van der Waals surface area contributed by atoms with Gasteiger partial charge in [0.05, 0.1) is 19.9 Å². The van der Waals surface area contributed by atoms with E-state index in [9.17, 15) is 31.0 Å². The van der Waals surface area contributed by atoms with Gasteiger partial charge in [-0.15, -0.1) is 20.5 Å². The lowest BCUT2D eigenvalue weighted by molar-refractivity contribution is 0.415. The Hall–Kier alpha value is -5.94. The summed E-state index contributed by atoms with van der Waals surface area (Å²) in [4.78, 5) is -0.782. The van der Waals surface area contributed by atoms with Crippen molar-refractivity contribution in [2.24, 2.45) is 20.5 Å². The van der Waals surface area contributed by atoms with E-state index in [0.29, 0.717) is 33.7 Å². The van der Waals surface area contributed by atoms with Gasteiger partial charge in [-0.1, -0.05) is 60.7 Å². The molecule has 5 N–H and O–H groups in total. The third kappa shape index (κ3) is 6.55. The number of nitrogen functional groups attached to an aromatic ring is 1. The van der Waals surface area contributed by atoms with Crippen LogP contribution in [0, 0.1) is 0 Å². The summed E-state index contributed by atoms with van der Waals surface area (Å²) in [6, 6.07) is 24.8. The Bertz CT molecular complexity index is 2430. The summed E-state index contributed by atoms with van der Waals surface area (Å²) >= 11 is 0. The third-order valence-electron chi connectivity index (χ3n) is 7.76. The highest BCUT2D eigenvalue weighted by Gasteiger charge is 2.21. The van der Waals surface area contributed by atoms with Gasteiger partial charge in [0.15, 0.2) is 5.75 Å². The van der Waals surface area contributed by atoms with Crippen molar-refractivity contribution in [3.8, 4) is 28.4 Å². The molecule has 254 valence electrons. The number of methoxy groups -OCH3 is 2. The first-order valence-electron chi connectivity index (χ1n) is 14.5. The summed E-state index contributed by atoms with van der Waals surface area (Å²) in [5.41, 5.74) is 8.22. The van der Waals surface area contributed by atoms with E-state index < -0.39 is 25.1 Å². The van der Waals surface area contributed by atoms with Crippen LogP contribution in [0.15, 0.2) is 127 Å². The number of hydrogen-bond donors (Lipinski definition) is 4. The fourth-order valence-electron chi connectivity index (χ4n) is 5.34. The smallest absolute Gasteiger partial charge is 0.295 e. The standard InChI is InChI=1S/C34H27N5O9S2/c1-47-29-15-19(11-13-25(29)36-38-27-17-31(49(41,42)43)21-7-3-5-9-23(21)33(27)35)20-12-14-26(30(16-20)48-2)37-39-28-18-32(50(44,45)46)22-8-4-6-10-24(22)34(28)40/h3-18,40H,35H2,1-2H3,(H,41,42,43)(H,44,45,46)/b38-36+,39-37+. The normalized spacial score (nSPS) is 12.3. The molecular formula is C34H27N5O9S2. The molecule has 0 aliphatic carbocycles. The number of fused-ring (bicyclic) bond motifs is 2. The van der Waals surface area contributed by atoms with Crippen LogP contribution in [-0.4, -0.2) is 45.3 Å². The van der Waals surface area contributed by atoms with Crippen molar-refractivity contribution in [3.63, 3.8) is 0 Å². The van der Waals surface area contributed by atoms with Gasteiger partial charge in [-0.2, -0.15) is 16.8 Å². The lowest BCUT2D eigenvalue weighted by Gasteiger charge is -2.11. The summed E-state index contributed by atoms with van der Waals surface area (Å²) in [6.07, 6.45) is 0. The van der Waals surface area contributed by atoms with E-state index >= 15 is 0 Å². The highest BCUT2D eigenvalue weighted by molar-refractivity contribution is 7.86. The average Bonchev–Trinajstić information content (AvgIpc) is 3.10. The molecule has 0 fully saturated rings. The van der Waals surface area contributed by atoms with Gasteiger partial charge in [-0.3, -0.25) is 9.11 Å². The lowest BCUT2D eigenvalue weighted by atomic mass is 10.0. The van der Waals surface area contributed by atoms with Gasteiger partial charge >= 0.3 is 0 Å². The molecule has 0 saturated carbocycles. The maximum Gasteiger partial charge on any atom is 0.295 e. The molecule has 0 saturated heterocycles. The fourth-order valence-corrected chi connectivity index (χ4v) is 6.78. The monoisotopic (exact) mass is 713 g/mol. The number of nitrogens with zero attached hydrogens (tertiary/aromatic N) is 4. The first-order chi connectivity index (χ1) is 23.8. The number of nitrogens with two attached hydrogens (primary N) is 1. The maximum absolute atomic E-state index is 12.1. The summed E-state index contributed by atoms with van der Waals surface area (Å²) in [5.74, 6) is 0.300. The molecule has 0 radical (unpaired) electrons. The van der Waals surface area contributed by atoms with Crippen molar-refractivity contribution in [2.75, 3.05) is 20.0 Å². The molecule has 0 aromatic heterocycles. The molecule has 0 aliphatic heterocycles. The Kier molecular flexibility index (Phi) is 8.94. The van der Waals surface area contributed by atoms with Crippen LogP contribution in [0.25, 0.3) is 32.7 Å². The molecule has 0 heterocycles. The quantitative estimate of drug-likeness (QED) is 0.0637. The SMILES string of the molecule is COc1cc(-c2ccc(/N=N/c3cc(S(=O)(=O)O)c4ccccc4c3O)c(OC)c2)ccc1/N=N/c1cc(S(=O)(=O)O)c2ccccc2c1N. The molecule has 0 bridgehead atoms. The minimum atomic E-state index is -4.64. The lowest BCUT2D eigenvalue weighted by Crippen LogP contribution is -2.01. The molecule has 0 atom stereocenters. The summed E-state index contributed by atoms with van der Waals surface area (Å²) in [5, 5.41) is 28.3. The van der Waals surface area contributed by atoms with Gasteiger partial charge in [-0.25, -0.2) is 0 Å². The average molecular weight is 714 g/mol. The van der Waals surface area contributed by atoms with Crippen LogP contribution in [0.3, 0.4) is 0 Å². The minimum Gasteiger partial charge on any atom is -0.505 e. The Balaban J connectivity index is 1.32. The second-order valence-electron chi connectivity index (χ2n) is 10.8. The van der Waals surface area contributed by atoms with Crippen molar-refractivity contribution in [1.82, 2.24) is 0 Å². The zero-order valence-corrected chi connectivity index (χ0v) is 27.8. The van der Waals surface area contributed by atoms with E-state index in [-0.39, 0.29) is 49.6 Å². The number of anilines is 1. The van der Waals surface area contributed by atoms with Crippen molar-refractivity contribution < 1.29 is 40.5 Å². The molecule has 0 spiro atoms. The van der Waals surface area contributed by atoms with E-state index in [1.807, 2.05) is 0 Å². The van der Waals surface area contributed by atoms with E-state index in [1.165, 1.54) is 32.4 Å². The van der Waals surface area contributed by atoms with Crippen LogP contribution in [0.2, 0.25) is 0 Å². The minimum absolute atomic E-state index is 0.0307. The molecule has 50 heavy (non-hydrogen) atoms. The van der Waals surface area contributed by atoms with Gasteiger partial charge in [0.2, 0.25) is 0 Å². The van der Waals surface area contributed by atoms with Crippen molar-refractivity contribution in [3.05, 3.63) is 97.1 Å². The Labute approximate surface area is 285 Å². The van der Waals surface area contributed by atoms with Crippen molar-refractivity contribution in [1.29, 1.82) is 0 Å².